The fraction of sp³-hybridized carbons (Fsp3) is 0.440. The van der Waals surface area contributed by atoms with Crippen molar-refractivity contribution < 1.29 is 4.79 Å². The summed E-state index contributed by atoms with van der Waals surface area (Å²) in [5, 5.41) is 1.32. The maximum atomic E-state index is 13.0. The van der Waals surface area contributed by atoms with Crippen LogP contribution in [0.5, 0.6) is 0 Å². The maximum absolute atomic E-state index is 13.0. The van der Waals surface area contributed by atoms with Crippen molar-refractivity contribution in [3.05, 3.63) is 66.1 Å². The van der Waals surface area contributed by atoms with Crippen molar-refractivity contribution in [3.8, 4) is 0 Å². The molecule has 1 amide bonds. The van der Waals surface area contributed by atoms with E-state index in [1.165, 1.54) is 28.5 Å². The van der Waals surface area contributed by atoms with Crippen LogP contribution < -0.4 is 0 Å². The lowest BCUT2D eigenvalue weighted by molar-refractivity contribution is -0.135. The number of piperidine rings is 1. The fourth-order valence-corrected chi connectivity index (χ4v) is 4.63. The number of aryl methyl sites for hydroxylation is 1. The van der Waals surface area contributed by atoms with Gasteiger partial charge in [0.15, 0.2) is 0 Å². The second-order valence-corrected chi connectivity index (χ2v) is 8.41. The van der Waals surface area contributed by atoms with E-state index < -0.39 is 0 Å². The molecule has 0 saturated carbocycles. The first-order valence-electron chi connectivity index (χ1n) is 10.9. The van der Waals surface area contributed by atoms with E-state index in [9.17, 15) is 4.79 Å². The van der Waals surface area contributed by atoms with E-state index in [2.05, 4.69) is 64.8 Å². The Kier molecular flexibility index (Phi) is 5.98. The van der Waals surface area contributed by atoms with E-state index in [1.807, 2.05) is 12.3 Å². The van der Waals surface area contributed by atoms with E-state index in [0.29, 0.717) is 12.5 Å². The van der Waals surface area contributed by atoms with Crippen molar-refractivity contribution in [1.82, 2.24) is 14.5 Å². The molecule has 0 aliphatic carbocycles. The number of aromatic nitrogens is 2. The van der Waals surface area contributed by atoms with Gasteiger partial charge in [-0.1, -0.05) is 24.3 Å². The molecule has 1 aliphatic heterocycles. The number of amides is 1. The second kappa shape index (κ2) is 8.81. The first kappa shape index (κ1) is 19.7. The number of rotatable bonds is 6. The number of carbonyl (C=O) groups is 1. The van der Waals surface area contributed by atoms with Crippen LogP contribution in [0.25, 0.3) is 10.9 Å². The van der Waals surface area contributed by atoms with Gasteiger partial charge in [-0.05, 0) is 69.2 Å². The topological polar surface area (TPSA) is 38.1 Å². The summed E-state index contributed by atoms with van der Waals surface area (Å²) < 4.78 is 2.34. The molecular weight excluding hydrogens is 358 g/mol. The molecule has 3 heterocycles. The van der Waals surface area contributed by atoms with Gasteiger partial charge in [-0.3, -0.25) is 9.78 Å². The third-order valence-electron chi connectivity index (χ3n) is 6.11. The van der Waals surface area contributed by atoms with Gasteiger partial charge < -0.3 is 9.47 Å². The molecule has 3 aromatic rings. The molecule has 0 spiro atoms. The molecule has 1 atom stereocenters. The lowest BCUT2D eigenvalue weighted by atomic mass is 9.95. The number of hydrogen-bond donors (Lipinski definition) is 0. The smallest absolute Gasteiger partial charge is 0.223 e. The predicted molar refractivity (Wildman–Crippen MR) is 118 cm³/mol. The first-order chi connectivity index (χ1) is 14.1. The van der Waals surface area contributed by atoms with Crippen molar-refractivity contribution in [1.29, 1.82) is 0 Å². The van der Waals surface area contributed by atoms with Gasteiger partial charge in [0.05, 0.1) is 6.04 Å². The van der Waals surface area contributed by atoms with Crippen molar-refractivity contribution in [2.45, 2.75) is 64.5 Å². The zero-order chi connectivity index (χ0) is 20.2. The second-order valence-electron chi connectivity index (χ2n) is 8.41. The molecule has 1 aromatic carbocycles. The highest BCUT2D eigenvalue weighted by molar-refractivity contribution is 5.84. The molecule has 0 radical (unpaired) electrons. The Balaban J connectivity index is 1.43. The van der Waals surface area contributed by atoms with Crippen LogP contribution in [-0.4, -0.2) is 26.9 Å². The van der Waals surface area contributed by atoms with Crippen LogP contribution in [0.1, 0.15) is 69.2 Å². The average molecular weight is 390 g/mol. The highest BCUT2D eigenvalue weighted by Crippen LogP contribution is 2.31. The van der Waals surface area contributed by atoms with Gasteiger partial charge in [-0.2, -0.15) is 0 Å². The molecule has 29 heavy (non-hydrogen) atoms. The van der Waals surface area contributed by atoms with E-state index in [-0.39, 0.29) is 11.9 Å². The number of pyridine rings is 1. The van der Waals surface area contributed by atoms with E-state index in [4.69, 9.17) is 0 Å². The molecular formula is C25H31N3O. The molecule has 1 aliphatic rings. The number of hydrogen-bond acceptors (Lipinski definition) is 2. The van der Waals surface area contributed by atoms with Crippen molar-refractivity contribution >= 4 is 16.8 Å². The lowest BCUT2D eigenvalue weighted by Crippen LogP contribution is -2.38. The van der Waals surface area contributed by atoms with Crippen molar-refractivity contribution in [2.24, 2.45) is 0 Å². The largest absolute Gasteiger partial charge is 0.345 e. The molecule has 4 rings (SSSR count). The van der Waals surface area contributed by atoms with E-state index in [1.54, 1.807) is 6.20 Å². The Labute approximate surface area is 173 Å². The number of para-hydroxylation sites is 1. The summed E-state index contributed by atoms with van der Waals surface area (Å²) in [6, 6.07) is 13.3. The maximum Gasteiger partial charge on any atom is 0.223 e. The molecule has 0 bridgehead atoms. The standard InChI is InChI=1S/C25H31N3O/c1-19(2)28-18-21(22-11-3-4-13-24(22)28)9-7-14-25(29)27-16-6-5-12-23(27)20-10-8-15-26-17-20/h3-4,8,10-11,13,15,17-19,23H,5-7,9,12,14,16H2,1-2H3. The summed E-state index contributed by atoms with van der Waals surface area (Å²) >= 11 is 0. The third-order valence-corrected chi connectivity index (χ3v) is 6.11. The Bertz CT molecular complexity index is 961. The van der Waals surface area contributed by atoms with Gasteiger partial charge in [-0.15, -0.1) is 0 Å². The van der Waals surface area contributed by atoms with Gasteiger partial charge in [0.25, 0.3) is 0 Å². The van der Waals surface area contributed by atoms with E-state index in [0.717, 1.165) is 32.2 Å². The van der Waals surface area contributed by atoms with Gasteiger partial charge in [0.1, 0.15) is 0 Å². The lowest BCUT2D eigenvalue weighted by Gasteiger charge is -2.36. The summed E-state index contributed by atoms with van der Waals surface area (Å²) in [4.78, 5) is 19.4. The number of fused-ring (bicyclic) bond motifs is 1. The van der Waals surface area contributed by atoms with Gasteiger partial charge in [0.2, 0.25) is 5.91 Å². The third kappa shape index (κ3) is 4.21. The molecule has 0 N–H and O–H groups in total. The number of nitrogens with zero attached hydrogens (tertiary/aromatic N) is 3. The van der Waals surface area contributed by atoms with Crippen LogP contribution in [0, 0.1) is 0 Å². The highest BCUT2D eigenvalue weighted by atomic mass is 16.2. The Morgan fingerprint density at radius 1 is 1.17 bits per heavy atom. The normalized spacial score (nSPS) is 17.2. The molecule has 1 fully saturated rings. The van der Waals surface area contributed by atoms with Crippen LogP contribution in [0.4, 0.5) is 0 Å². The van der Waals surface area contributed by atoms with Crippen LogP contribution in [0.3, 0.4) is 0 Å². The molecule has 1 saturated heterocycles. The minimum absolute atomic E-state index is 0.188. The Hall–Kier alpha value is -2.62. The number of likely N-dealkylation sites (tertiary alicyclic amines) is 1. The minimum atomic E-state index is 0.188. The summed E-state index contributed by atoms with van der Waals surface area (Å²) in [7, 11) is 0. The zero-order valence-corrected chi connectivity index (χ0v) is 17.6. The van der Waals surface area contributed by atoms with E-state index >= 15 is 0 Å². The monoisotopic (exact) mass is 389 g/mol. The van der Waals surface area contributed by atoms with Crippen LogP contribution in [0.15, 0.2) is 55.0 Å². The van der Waals surface area contributed by atoms with Crippen molar-refractivity contribution in [3.63, 3.8) is 0 Å². The quantitative estimate of drug-likeness (QED) is 0.543. The number of benzene rings is 1. The number of carbonyl (C=O) groups excluding carboxylic acids is 1. The summed E-state index contributed by atoms with van der Waals surface area (Å²) in [6.07, 6.45) is 11.8. The molecule has 152 valence electrons. The fourth-order valence-electron chi connectivity index (χ4n) is 4.63. The molecule has 4 heteroatoms. The molecule has 1 unspecified atom stereocenters. The summed E-state index contributed by atoms with van der Waals surface area (Å²) in [6.45, 7) is 5.30. The van der Waals surface area contributed by atoms with Gasteiger partial charge >= 0.3 is 0 Å². The van der Waals surface area contributed by atoms with Crippen LogP contribution in [-0.2, 0) is 11.2 Å². The Morgan fingerprint density at radius 3 is 2.83 bits per heavy atom. The zero-order valence-electron chi connectivity index (χ0n) is 17.6. The minimum Gasteiger partial charge on any atom is -0.345 e. The molecule has 4 nitrogen and oxygen atoms in total. The van der Waals surface area contributed by atoms with Crippen LogP contribution >= 0.6 is 0 Å². The summed E-state index contributed by atoms with van der Waals surface area (Å²) in [5.41, 5.74) is 3.81. The first-order valence-corrected chi connectivity index (χ1v) is 10.9. The summed E-state index contributed by atoms with van der Waals surface area (Å²) in [5.74, 6) is 0.283. The predicted octanol–water partition coefficient (Wildman–Crippen LogP) is 5.69. The van der Waals surface area contributed by atoms with Gasteiger partial charge in [-0.25, -0.2) is 0 Å². The SMILES string of the molecule is CC(C)n1cc(CCCC(=O)N2CCCCC2c2cccnc2)c2ccccc21. The average Bonchev–Trinajstić information content (AvgIpc) is 3.13. The molecule has 2 aromatic heterocycles. The highest BCUT2D eigenvalue weighted by Gasteiger charge is 2.27. The van der Waals surface area contributed by atoms with Gasteiger partial charge in [0, 0.05) is 48.5 Å². The van der Waals surface area contributed by atoms with Crippen LogP contribution in [0.2, 0.25) is 0 Å². The van der Waals surface area contributed by atoms with Crippen molar-refractivity contribution in [2.75, 3.05) is 6.54 Å². The Morgan fingerprint density at radius 2 is 2.03 bits per heavy atom.